The highest BCUT2D eigenvalue weighted by Crippen LogP contribution is 2.32. The van der Waals surface area contributed by atoms with Gasteiger partial charge >= 0.3 is 0 Å². The molecule has 2 heterocycles. The molecule has 9 heteroatoms. The molecule has 0 spiro atoms. The minimum atomic E-state index is -3.56. The van der Waals surface area contributed by atoms with Crippen LogP contribution in [0.1, 0.15) is 36.8 Å². The third-order valence-corrected chi connectivity index (χ3v) is 8.35. The maximum Gasteiger partial charge on any atom is 0.244 e. The Balaban J connectivity index is 1.55. The van der Waals surface area contributed by atoms with E-state index < -0.39 is 10.0 Å². The Morgan fingerprint density at radius 3 is 2.59 bits per heavy atom. The molecule has 0 unspecified atom stereocenters. The second-order valence-electron chi connectivity index (χ2n) is 8.20. The van der Waals surface area contributed by atoms with Crippen LogP contribution in [0.25, 0.3) is 0 Å². The summed E-state index contributed by atoms with van der Waals surface area (Å²) in [6.45, 7) is 2.72. The van der Waals surface area contributed by atoms with Gasteiger partial charge in [-0.3, -0.25) is 9.59 Å². The van der Waals surface area contributed by atoms with E-state index in [1.165, 1.54) is 15.3 Å². The average Bonchev–Trinajstić information content (AvgIpc) is 2.79. The number of anilines is 2. The maximum absolute atomic E-state index is 13.0. The lowest BCUT2D eigenvalue weighted by molar-refractivity contribution is -0.121. The van der Waals surface area contributed by atoms with E-state index in [0.717, 1.165) is 30.4 Å². The van der Waals surface area contributed by atoms with Crippen LogP contribution in [0.15, 0.2) is 41.3 Å². The summed E-state index contributed by atoms with van der Waals surface area (Å²) >= 11 is 6.12. The molecule has 0 bridgehead atoms. The van der Waals surface area contributed by atoms with Crippen LogP contribution in [-0.2, 0) is 26.0 Å². The maximum atomic E-state index is 13.0. The van der Waals surface area contributed by atoms with Gasteiger partial charge in [0.15, 0.2) is 0 Å². The van der Waals surface area contributed by atoms with Crippen LogP contribution in [0.2, 0.25) is 5.02 Å². The summed E-state index contributed by atoms with van der Waals surface area (Å²) in [5, 5.41) is 3.35. The summed E-state index contributed by atoms with van der Waals surface area (Å²) in [7, 11) is -3.56. The topological polar surface area (TPSA) is 86.8 Å². The summed E-state index contributed by atoms with van der Waals surface area (Å²) in [6.07, 6.45) is 3.46. The third-order valence-electron chi connectivity index (χ3n) is 6.05. The normalized spacial score (nSPS) is 17.2. The van der Waals surface area contributed by atoms with E-state index >= 15 is 0 Å². The van der Waals surface area contributed by atoms with Crippen molar-refractivity contribution in [2.75, 3.05) is 29.9 Å². The van der Waals surface area contributed by atoms with Crippen molar-refractivity contribution in [1.82, 2.24) is 4.31 Å². The van der Waals surface area contributed by atoms with Gasteiger partial charge < -0.3 is 10.2 Å². The first kappa shape index (κ1) is 22.8. The second-order valence-corrected chi connectivity index (χ2v) is 10.5. The molecule has 0 saturated carbocycles. The molecule has 2 aromatic carbocycles. The molecule has 0 aliphatic carbocycles. The van der Waals surface area contributed by atoms with Crippen LogP contribution in [-0.4, -0.2) is 44.2 Å². The number of halogens is 1. The number of hydrogen-bond donors (Lipinski definition) is 1. The van der Waals surface area contributed by atoms with Crippen molar-refractivity contribution in [1.29, 1.82) is 0 Å². The lowest BCUT2D eigenvalue weighted by atomic mass is 10.0. The van der Waals surface area contributed by atoms with Gasteiger partial charge in [0, 0.05) is 35.9 Å². The zero-order valence-corrected chi connectivity index (χ0v) is 19.5. The van der Waals surface area contributed by atoms with Gasteiger partial charge in [-0.05, 0) is 67.6 Å². The SMILES string of the molecule is Cc1c(Cl)cccc1NC(=O)CN1C(=O)CCc2cc(S(=O)(=O)N3CCCCC3)ccc21. The summed E-state index contributed by atoms with van der Waals surface area (Å²) < 4.78 is 27.6. The van der Waals surface area contributed by atoms with Crippen molar-refractivity contribution in [3.8, 4) is 0 Å². The Morgan fingerprint density at radius 1 is 1.09 bits per heavy atom. The van der Waals surface area contributed by atoms with Gasteiger partial charge in [0.25, 0.3) is 0 Å². The highest BCUT2D eigenvalue weighted by atomic mass is 35.5. The van der Waals surface area contributed by atoms with Crippen molar-refractivity contribution in [3.63, 3.8) is 0 Å². The van der Waals surface area contributed by atoms with Crippen molar-refractivity contribution in [2.24, 2.45) is 0 Å². The van der Waals surface area contributed by atoms with Gasteiger partial charge in [-0.1, -0.05) is 24.1 Å². The van der Waals surface area contributed by atoms with E-state index in [1.807, 2.05) is 6.92 Å². The van der Waals surface area contributed by atoms with E-state index in [4.69, 9.17) is 11.6 Å². The Kier molecular flexibility index (Phi) is 6.55. The summed E-state index contributed by atoms with van der Waals surface area (Å²) in [5.74, 6) is -0.510. The minimum Gasteiger partial charge on any atom is -0.324 e. The van der Waals surface area contributed by atoms with Crippen LogP contribution in [0.3, 0.4) is 0 Å². The van der Waals surface area contributed by atoms with Gasteiger partial charge in [-0.15, -0.1) is 0 Å². The number of carbonyl (C=O) groups is 2. The van der Waals surface area contributed by atoms with Crippen LogP contribution >= 0.6 is 11.6 Å². The minimum absolute atomic E-state index is 0.157. The first-order chi connectivity index (χ1) is 15.3. The standard InChI is InChI=1S/C23H26ClN3O4S/c1-16-19(24)6-5-7-20(16)25-22(28)15-27-21-10-9-18(14-17(21)8-11-23(27)29)32(30,31)26-12-3-2-4-13-26/h5-7,9-10,14H,2-4,8,11-13,15H2,1H3,(H,25,28). The fourth-order valence-electron chi connectivity index (χ4n) is 4.20. The summed E-state index contributed by atoms with van der Waals surface area (Å²) in [5.41, 5.74) is 2.68. The Hall–Kier alpha value is -2.42. The predicted molar refractivity (Wildman–Crippen MR) is 125 cm³/mol. The average molecular weight is 476 g/mol. The third kappa shape index (κ3) is 4.53. The number of amides is 2. The van der Waals surface area contributed by atoms with Crippen LogP contribution in [0.4, 0.5) is 11.4 Å². The van der Waals surface area contributed by atoms with Crippen LogP contribution in [0.5, 0.6) is 0 Å². The predicted octanol–water partition coefficient (Wildman–Crippen LogP) is 3.74. The number of piperidine rings is 1. The second kappa shape index (κ2) is 9.21. The van der Waals surface area contributed by atoms with E-state index in [-0.39, 0.29) is 29.7 Å². The monoisotopic (exact) mass is 475 g/mol. The molecule has 2 aromatic rings. The van der Waals surface area contributed by atoms with Gasteiger partial charge in [0.2, 0.25) is 21.8 Å². The van der Waals surface area contributed by atoms with E-state index in [9.17, 15) is 18.0 Å². The highest BCUT2D eigenvalue weighted by molar-refractivity contribution is 7.89. The molecule has 2 amide bonds. The molecule has 170 valence electrons. The fraction of sp³-hybridized carbons (Fsp3) is 0.391. The van der Waals surface area contributed by atoms with Gasteiger partial charge in [-0.25, -0.2) is 8.42 Å². The van der Waals surface area contributed by atoms with Crippen molar-refractivity contribution < 1.29 is 18.0 Å². The first-order valence-corrected chi connectivity index (χ1v) is 12.6. The Labute approximate surface area is 193 Å². The molecule has 4 rings (SSSR count). The molecule has 0 radical (unpaired) electrons. The van der Waals surface area contributed by atoms with E-state index in [1.54, 1.807) is 30.3 Å². The molecule has 0 atom stereocenters. The lowest BCUT2D eigenvalue weighted by Crippen LogP contribution is -2.41. The summed E-state index contributed by atoms with van der Waals surface area (Å²) in [4.78, 5) is 26.9. The molecule has 1 fully saturated rings. The molecule has 0 aromatic heterocycles. The number of sulfonamides is 1. The molecular formula is C23H26ClN3O4S. The molecule has 2 aliphatic rings. The number of benzene rings is 2. The molecule has 7 nitrogen and oxygen atoms in total. The van der Waals surface area contributed by atoms with Gasteiger partial charge in [0.1, 0.15) is 6.54 Å². The Bertz CT molecular complexity index is 1160. The smallest absolute Gasteiger partial charge is 0.244 e. The molecule has 2 aliphatic heterocycles. The van der Waals surface area contributed by atoms with Crippen molar-refractivity contribution >= 4 is 44.8 Å². The fourth-order valence-corrected chi connectivity index (χ4v) is 5.94. The summed E-state index contributed by atoms with van der Waals surface area (Å²) in [6, 6.07) is 10.1. The van der Waals surface area contributed by atoms with Gasteiger partial charge in [0.05, 0.1) is 4.90 Å². The van der Waals surface area contributed by atoms with Crippen molar-refractivity contribution in [3.05, 3.63) is 52.5 Å². The largest absolute Gasteiger partial charge is 0.324 e. The molecule has 1 saturated heterocycles. The van der Waals surface area contributed by atoms with Crippen molar-refractivity contribution in [2.45, 2.75) is 43.9 Å². The van der Waals surface area contributed by atoms with E-state index in [2.05, 4.69) is 5.32 Å². The van der Waals surface area contributed by atoms with E-state index in [0.29, 0.717) is 35.9 Å². The lowest BCUT2D eigenvalue weighted by Gasteiger charge is -2.30. The zero-order valence-electron chi connectivity index (χ0n) is 17.9. The number of fused-ring (bicyclic) bond motifs is 1. The van der Waals surface area contributed by atoms with Gasteiger partial charge in [-0.2, -0.15) is 4.31 Å². The Morgan fingerprint density at radius 2 is 1.84 bits per heavy atom. The number of nitrogens with one attached hydrogen (secondary N) is 1. The van der Waals surface area contributed by atoms with Crippen LogP contribution in [0, 0.1) is 6.92 Å². The molecule has 1 N–H and O–H groups in total. The molecule has 32 heavy (non-hydrogen) atoms. The first-order valence-electron chi connectivity index (χ1n) is 10.8. The number of rotatable bonds is 5. The quantitative estimate of drug-likeness (QED) is 0.713. The highest BCUT2D eigenvalue weighted by Gasteiger charge is 2.30. The molecular weight excluding hydrogens is 450 g/mol. The number of hydrogen-bond acceptors (Lipinski definition) is 4. The number of nitrogens with zero attached hydrogens (tertiary/aromatic N) is 2. The number of aryl methyl sites for hydroxylation is 1. The number of carbonyl (C=O) groups excluding carboxylic acids is 2. The van der Waals surface area contributed by atoms with Crippen LogP contribution < -0.4 is 10.2 Å². The zero-order chi connectivity index (χ0) is 22.9.